The van der Waals surface area contributed by atoms with E-state index in [0.29, 0.717) is 36.2 Å². The Bertz CT molecular complexity index is 1760. The zero-order valence-corrected chi connectivity index (χ0v) is 30.6. The first-order valence-electron chi connectivity index (χ1n) is 16.9. The molecule has 0 saturated heterocycles. The first-order chi connectivity index (χ1) is 24.1. The predicted molar refractivity (Wildman–Crippen MR) is 192 cm³/mol. The van der Waals surface area contributed by atoms with E-state index in [4.69, 9.17) is 21.1 Å². The fourth-order valence-electron chi connectivity index (χ4n) is 6.43. The molecule has 0 aromatic heterocycles. The summed E-state index contributed by atoms with van der Waals surface area (Å²) in [5.74, 6) is -3.93. The first-order valence-corrected chi connectivity index (χ1v) is 18.9. The van der Waals surface area contributed by atoms with Gasteiger partial charge in [0.1, 0.15) is 21.8 Å². The van der Waals surface area contributed by atoms with Crippen LogP contribution in [0.5, 0.6) is 5.75 Å². The van der Waals surface area contributed by atoms with E-state index >= 15 is 0 Å². The van der Waals surface area contributed by atoms with Crippen LogP contribution in [0.1, 0.15) is 74.4 Å². The van der Waals surface area contributed by atoms with Crippen molar-refractivity contribution in [2.24, 2.45) is 22.1 Å². The molecule has 0 radical (unpaired) electrons. The molecule has 1 N–H and O–H groups in total. The van der Waals surface area contributed by atoms with Crippen LogP contribution in [0.3, 0.4) is 0 Å². The van der Waals surface area contributed by atoms with Gasteiger partial charge in [-0.25, -0.2) is 4.21 Å². The number of allylic oxidation sites excluding steroid dienone is 1. The largest absolute Gasteiger partial charge is 0.491 e. The maximum Gasteiger partial charge on any atom is 0.472 e. The van der Waals surface area contributed by atoms with Crippen LogP contribution in [-0.2, 0) is 37.2 Å². The predicted octanol–water partition coefficient (Wildman–Crippen LogP) is 8.01. The molecule has 9 nitrogen and oxygen atoms in total. The van der Waals surface area contributed by atoms with Gasteiger partial charge in [0.2, 0.25) is 0 Å². The molecule has 1 aliphatic heterocycles. The van der Waals surface area contributed by atoms with E-state index in [1.165, 1.54) is 36.8 Å². The van der Waals surface area contributed by atoms with Crippen LogP contribution in [0, 0.1) is 17.8 Å². The number of alkyl halides is 3. The molecule has 51 heavy (non-hydrogen) atoms. The van der Waals surface area contributed by atoms with Crippen LogP contribution in [0.15, 0.2) is 66.1 Å². The minimum absolute atomic E-state index is 0.000536. The summed E-state index contributed by atoms with van der Waals surface area (Å²) in [5.41, 5.74) is 2.54. The summed E-state index contributed by atoms with van der Waals surface area (Å²) in [6.45, 7) is 13.1. The number of hydrogen-bond acceptors (Lipinski definition) is 7. The van der Waals surface area contributed by atoms with Crippen LogP contribution < -0.4 is 14.4 Å². The Labute approximate surface area is 302 Å². The van der Waals surface area contributed by atoms with E-state index in [1.54, 1.807) is 19.1 Å². The Morgan fingerprint density at radius 1 is 1.14 bits per heavy atom. The van der Waals surface area contributed by atoms with Gasteiger partial charge < -0.3 is 14.4 Å². The lowest BCUT2D eigenvalue weighted by molar-refractivity contribution is -0.171. The molecule has 6 unspecified atom stereocenters. The molecule has 1 heterocycles. The van der Waals surface area contributed by atoms with Crippen LogP contribution in [0.2, 0.25) is 5.02 Å². The van der Waals surface area contributed by atoms with Gasteiger partial charge in [-0.2, -0.15) is 13.2 Å². The van der Waals surface area contributed by atoms with Crippen molar-refractivity contribution >= 4 is 45.0 Å². The average molecular weight is 752 g/mol. The highest BCUT2D eigenvalue weighted by molar-refractivity contribution is 7.93. The third-order valence-electron chi connectivity index (χ3n) is 9.62. The zero-order valence-electron chi connectivity index (χ0n) is 29.0. The van der Waals surface area contributed by atoms with E-state index in [0.717, 1.165) is 43.2 Å². The minimum Gasteiger partial charge on any atom is -0.491 e. The number of halogens is 4. The number of aryl methyl sites for hydroxylation is 1. The van der Waals surface area contributed by atoms with Crippen LogP contribution in [-0.4, -0.2) is 52.7 Å². The molecule has 2 aromatic rings. The number of anilines is 1. The number of carbonyl (C=O) groups is 3. The first kappa shape index (κ1) is 39.9. The Kier molecular flexibility index (Phi) is 13.4. The Balaban J connectivity index is 1.82. The summed E-state index contributed by atoms with van der Waals surface area (Å²) in [6, 6.07) is 10.3. The van der Waals surface area contributed by atoms with Crippen molar-refractivity contribution in [1.82, 2.24) is 4.72 Å². The summed E-state index contributed by atoms with van der Waals surface area (Å²) < 4.78 is 71.2. The quantitative estimate of drug-likeness (QED) is 0.183. The van der Waals surface area contributed by atoms with E-state index in [9.17, 15) is 31.8 Å². The van der Waals surface area contributed by atoms with Gasteiger partial charge in [-0.15, -0.1) is 10.9 Å². The number of benzene rings is 2. The molecule has 6 atom stereocenters. The van der Waals surface area contributed by atoms with E-state index in [-0.39, 0.29) is 23.8 Å². The van der Waals surface area contributed by atoms with Crippen molar-refractivity contribution in [3.05, 3.63) is 83.4 Å². The van der Waals surface area contributed by atoms with Crippen molar-refractivity contribution in [3.8, 4) is 5.75 Å². The number of nitrogens with zero attached hydrogens (tertiary/aromatic N) is 2. The lowest BCUT2D eigenvalue weighted by Gasteiger charge is -2.43. The highest BCUT2D eigenvalue weighted by Crippen LogP contribution is 2.42. The molecule has 1 aliphatic carbocycles. The second-order valence-electron chi connectivity index (χ2n) is 13.2. The number of hydrogen-bond donors (Lipinski definition) is 1. The van der Waals surface area contributed by atoms with Gasteiger partial charge in [0.25, 0.3) is 5.91 Å². The third-order valence-corrected chi connectivity index (χ3v) is 12.2. The highest BCUT2D eigenvalue weighted by Gasteiger charge is 2.43. The molecule has 0 spiro atoms. The van der Waals surface area contributed by atoms with Gasteiger partial charge >= 0.3 is 18.1 Å². The number of nitrogens with one attached hydrogen (secondary N) is 1. The standard InChI is InChI=1S/C37H45ClF3N3O6S/c1-6-10-23(3)24(4)51(48,43-36(47)37(39,40)41)42-35(46)27-14-17-34-32(20-27)44(22-29-13-16-31(29)33(7-2)50-25(5)45)21-28-12-15-30(38)19-26(28)11-8-9-18-49-34/h6-7,12,14-15,17,19-20,23-24,29,31,33H,1-2,8-11,13,16,18,21-22H2,3-5H3,(H,42,43,46,47,48). The van der Waals surface area contributed by atoms with Crippen molar-refractivity contribution in [2.45, 2.75) is 83.4 Å². The highest BCUT2D eigenvalue weighted by atomic mass is 35.5. The van der Waals surface area contributed by atoms with Gasteiger partial charge in [0.15, 0.2) is 0 Å². The van der Waals surface area contributed by atoms with Gasteiger partial charge in [-0.1, -0.05) is 43.3 Å². The molecule has 1 saturated carbocycles. The molecule has 2 aromatic carbocycles. The van der Waals surface area contributed by atoms with Crippen LogP contribution >= 0.6 is 11.6 Å². The number of amides is 2. The Morgan fingerprint density at radius 3 is 2.51 bits per heavy atom. The third kappa shape index (κ3) is 10.2. The summed E-state index contributed by atoms with van der Waals surface area (Å²) in [4.78, 5) is 39.7. The number of carbonyl (C=O) groups excluding carboxylic acids is 3. The number of esters is 1. The van der Waals surface area contributed by atoms with E-state index in [1.807, 2.05) is 18.2 Å². The molecule has 1 fully saturated rings. The topological polar surface area (TPSA) is 114 Å². The molecule has 4 rings (SSSR count). The lowest BCUT2D eigenvalue weighted by atomic mass is 9.70. The molecule has 2 amide bonds. The van der Waals surface area contributed by atoms with Crippen LogP contribution in [0.4, 0.5) is 18.9 Å². The van der Waals surface area contributed by atoms with Crippen molar-refractivity contribution in [3.63, 3.8) is 0 Å². The fraction of sp³-hybridized carbons (Fsp3) is 0.486. The smallest absolute Gasteiger partial charge is 0.472 e. The van der Waals surface area contributed by atoms with E-state index < -0.39 is 51.1 Å². The maximum absolute atomic E-state index is 14.0. The van der Waals surface area contributed by atoms with Crippen molar-refractivity contribution in [1.29, 1.82) is 0 Å². The molecular weight excluding hydrogens is 707 g/mol. The van der Waals surface area contributed by atoms with Gasteiger partial charge in [0.05, 0.1) is 17.5 Å². The van der Waals surface area contributed by atoms with E-state index in [2.05, 4.69) is 22.4 Å². The number of fused-ring (bicyclic) bond motifs is 2. The van der Waals surface area contributed by atoms with Crippen LogP contribution in [0.25, 0.3) is 0 Å². The molecule has 2 aliphatic rings. The fourth-order valence-corrected chi connectivity index (χ4v) is 8.49. The SMILES string of the molecule is C=CCC(C)C(C)S(=O)(=NC(=O)c1ccc2c(c1)N(CC1CCC1C(C=C)OC(C)=O)Cc1ccc(Cl)cc1CCCCO2)NC(=O)C(F)(F)F. The zero-order chi connectivity index (χ0) is 37.5. The molecular formula is C37H45ClF3N3O6S. The van der Waals surface area contributed by atoms with Crippen molar-refractivity contribution < 1.29 is 41.2 Å². The van der Waals surface area contributed by atoms with Gasteiger partial charge in [0, 0.05) is 36.5 Å². The number of ether oxygens (including phenoxy) is 2. The van der Waals surface area contributed by atoms with Gasteiger partial charge in [-0.3, -0.25) is 19.1 Å². The number of rotatable bonds is 11. The minimum atomic E-state index is -5.35. The van der Waals surface area contributed by atoms with Gasteiger partial charge in [-0.05, 0) is 98.7 Å². The lowest BCUT2D eigenvalue weighted by Crippen LogP contribution is -2.45. The Morgan fingerprint density at radius 2 is 1.88 bits per heavy atom. The summed E-state index contributed by atoms with van der Waals surface area (Å²) in [6.07, 6.45) is 1.56. The van der Waals surface area contributed by atoms with Crippen molar-refractivity contribution in [2.75, 3.05) is 18.1 Å². The molecule has 0 bridgehead atoms. The normalized spacial score (nSPS) is 20.6. The molecule has 14 heteroatoms. The summed E-state index contributed by atoms with van der Waals surface area (Å²) >= 11 is 6.39. The second kappa shape index (κ2) is 17.1. The summed E-state index contributed by atoms with van der Waals surface area (Å²) in [7, 11) is -4.27. The monoisotopic (exact) mass is 751 g/mol. The summed E-state index contributed by atoms with van der Waals surface area (Å²) in [5, 5.41) is -0.534. The molecule has 278 valence electrons. The Hall–Kier alpha value is -3.84. The average Bonchev–Trinajstić information content (AvgIpc) is 3.08. The second-order valence-corrected chi connectivity index (χ2v) is 15.9. The maximum atomic E-state index is 14.0.